The van der Waals surface area contributed by atoms with Crippen molar-refractivity contribution in [2.45, 2.75) is 18.2 Å². The molecule has 0 aliphatic rings. The van der Waals surface area contributed by atoms with Gasteiger partial charge in [-0.3, -0.25) is 4.98 Å². The maximum absolute atomic E-state index is 13.5. The molecular weight excluding hydrogens is 313 g/mol. The van der Waals surface area contributed by atoms with Crippen LogP contribution in [-0.2, 0) is 12.0 Å². The zero-order valence-corrected chi connectivity index (χ0v) is 12.0. The Morgan fingerprint density at radius 2 is 1.73 bits per heavy atom. The Bertz CT molecular complexity index is 755. The van der Waals surface area contributed by atoms with Crippen molar-refractivity contribution in [3.63, 3.8) is 0 Å². The van der Waals surface area contributed by atoms with Crippen molar-refractivity contribution in [2.24, 2.45) is 0 Å². The minimum absolute atomic E-state index is 0.342. The third kappa shape index (κ3) is 2.57. The number of rotatable bonds is 3. The van der Waals surface area contributed by atoms with Crippen LogP contribution in [0.15, 0.2) is 48.8 Å². The van der Waals surface area contributed by atoms with E-state index in [1.165, 1.54) is 24.5 Å². The summed E-state index contributed by atoms with van der Waals surface area (Å²) in [5.74, 6) is 0. The topological polar surface area (TPSA) is 46.0 Å². The molecule has 114 valence electrons. The second-order valence-corrected chi connectivity index (χ2v) is 5.91. The normalized spacial score (nSPS) is 14.9. The summed E-state index contributed by atoms with van der Waals surface area (Å²) in [4.78, 5) is 7.75. The Labute approximate surface area is 128 Å². The van der Waals surface area contributed by atoms with Crippen LogP contribution in [-0.4, -0.2) is 21.3 Å². The number of benzene rings is 1. The van der Waals surface area contributed by atoms with Crippen LogP contribution in [0.2, 0.25) is 0 Å². The van der Waals surface area contributed by atoms with Crippen LogP contribution in [0.1, 0.15) is 10.6 Å². The zero-order chi connectivity index (χ0) is 15.8. The molecule has 0 saturated carbocycles. The van der Waals surface area contributed by atoms with E-state index >= 15 is 0 Å². The van der Waals surface area contributed by atoms with Crippen LogP contribution >= 0.6 is 11.3 Å². The Balaban J connectivity index is 2.09. The first-order valence-corrected chi connectivity index (χ1v) is 7.26. The fourth-order valence-corrected chi connectivity index (χ4v) is 3.22. The standard InChI is InChI=1S/C15H11F3N2OS/c16-15(17,18)14(21,9-10-5-7-19-8-6-10)13-20-11-3-1-2-4-12(11)22-13/h1-8,21H,9H2. The minimum atomic E-state index is -4.83. The molecule has 0 spiro atoms. The number of nitrogens with zero attached hydrogens (tertiary/aromatic N) is 2. The quantitative estimate of drug-likeness (QED) is 0.799. The van der Waals surface area contributed by atoms with Gasteiger partial charge < -0.3 is 5.11 Å². The van der Waals surface area contributed by atoms with Gasteiger partial charge in [0.25, 0.3) is 0 Å². The van der Waals surface area contributed by atoms with E-state index < -0.39 is 18.2 Å². The van der Waals surface area contributed by atoms with Gasteiger partial charge in [-0.05, 0) is 29.8 Å². The van der Waals surface area contributed by atoms with Crippen LogP contribution in [0.3, 0.4) is 0 Å². The summed E-state index contributed by atoms with van der Waals surface area (Å²) >= 11 is 0.854. The van der Waals surface area contributed by atoms with E-state index in [2.05, 4.69) is 9.97 Å². The van der Waals surface area contributed by atoms with Crippen molar-refractivity contribution in [1.29, 1.82) is 0 Å². The van der Waals surface area contributed by atoms with E-state index in [9.17, 15) is 18.3 Å². The lowest BCUT2D eigenvalue weighted by molar-refractivity contribution is -0.266. The van der Waals surface area contributed by atoms with Gasteiger partial charge in [0.1, 0.15) is 5.01 Å². The van der Waals surface area contributed by atoms with Crippen molar-refractivity contribution in [3.8, 4) is 0 Å². The Morgan fingerprint density at radius 3 is 2.36 bits per heavy atom. The highest BCUT2D eigenvalue weighted by atomic mass is 32.1. The maximum Gasteiger partial charge on any atom is 0.424 e. The van der Waals surface area contributed by atoms with Crippen molar-refractivity contribution < 1.29 is 18.3 Å². The summed E-state index contributed by atoms with van der Waals surface area (Å²) in [6, 6.07) is 9.62. The van der Waals surface area contributed by atoms with E-state index in [1.54, 1.807) is 24.3 Å². The van der Waals surface area contributed by atoms with Crippen LogP contribution in [0.4, 0.5) is 13.2 Å². The molecule has 2 heterocycles. The molecule has 1 unspecified atom stereocenters. The second-order valence-electron chi connectivity index (χ2n) is 4.88. The molecule has 1 aromatic carbocycles. The first kappa shape index (κ1) is 14.9. The summed E-state index contributed by atoms with van der Waals surface area (Å²) < 4.78 is 41.1. The van der Waals surface area contributed by atoms with Gasteiger partial charge in [-0.25, -0.2) is 4.98 Å². The molecule has 3 nitrogen and oxygen atoms in total. The highest BCUT2D eigenvalue weighted by Gasteiger charge is 2.57. The van der Waals surface area contributed by atoms with Crippen LogP contribution < -0.4 is 0 Å². The molecule has 7 heteroatoms. The van der Waals surface area contributed by atoms with Gasteiger partial charge in [0.05, 0.1) is 10.2 Å². The first-order valence-electron chi connectivity index (χ1n) is 6.44. The predicted molar refractivity (Wildman–Crippen MR) is 77.5 cm³/mol. The van der Waals surface area contributed by atoms with Crippen molar-refractivity contribution >= 4 is 21.6 Å². The van der Waals surface area contributed by atoms with Crippen LogP contribution in [0.5, 0.6) is 0 Å². The molecule has 0 amide bonds. The third-order valence-electron chi connectivity index (χ3n) is 3.33. The van der Waals surface area contributed by atoms with Crippen LogP contribution in [0, 0.1) is 0 Å². The lowest BCUT2D eigenvalue weighted by Crippen LogP contribution is -2.44. The average molecular weight is 324 g/mol. The van der Waals surface area contributed by atoms with Crippen molar-refractivity contribution in [1.82, 2.24) is 9.97 Å². The Kier molecular flexibility index (Phi) is 3.62. The molecule has 0 saturated heterocycles. The van der Waals surface area contributed by atoms with Crippen LogP contribution in [0.25, 0.3) is 10.2 Å². The van der Waals surface area contributed by atoms with Gasteiger partial charge in [0.15, 0.2) is 0 Å². The highest BCUT2D eigenvalue weighted by molar-refractivity contribution is 7.18. The van der Waals surface area contributed by atoms with E-state index in [1.807, 2.05) is 0 Å². The van der Waals surface area contributed by atoms with Crippen molar-refractivity contribution in [3.05, 3.63) is 59.4 Å². The smallest absolute Gasteiger partial charge is 0.374 e. The Hall–Kier alpha value is -1.99. The molecule has 0 bridgehead atoms. The molecule has 22 heavy (non-hydrogen) atoms. The largest absolute Gasteiger partial charge is 0.424 e. The molecule has 2 aromatic heterocycles. The molecule has 0 aliphatic carbocycles. The predicted octanol–water partition coefficient (Wildman–Crippen LogP) is 3.68. The molecule has 0 radical (unpaired) electrons. The number of aromatic nitrogens is 2. The molecule has 0 aliphatic heterocycles. The molecular formula is C15H11F3N2OS. The average Bonchev–Trinajstić information content (AvgIpc) is 2.91. The molecule has 1 atom stereocenters. The number of fused-ring (bicyclic) bond motifs is 1. The number of hydrogen-bond donors (Lipinski definition) is 1. The van der Waals surface area contributed by atoms with E-state index in [4.69, 9.17) is 0 Å². The lowest BCUT2D eigenvalue weighted by Gasteiger charge is -2.28. The van der Waals surface area contributed by atoms with Gasteiger partial charge >= 0.3 is 6.18 Å². The summed E-state index contributed by atoms with van der Waals surface area (Å²) in [7, 11) is 0. The highest BCUT2D eigenvalue weighted by Crippen LogP contribution is 2.44. The fourth-order valence-electron chi connectivity index (χ4n) is 2.14. The monoisotopic (exact) mass is 324 g/mol. The second kappa shape index (κ2) is 5.33. The number of aliphatic hydroxyl groups is 1. The Morgan fingerprint density at radius 1 is 1.05 bits per heavy atom. The van der Waals surface area contributed by atoms with Gasteiger partial charge in [0.2, 0.25) is 5.60 Å². The van der Waals surface area contributed by atoms with Gasteiger partial charge in [-0.1, -0.05) is 12.1 Å². The fraction of sp³-hybridized carbons (Fsp3) is 0.200. The number of alkyl halides is 3. The summed E-state index contributed by atoms with van der Waals surface area (Å²) in [6.07, 6.45) is -2.64. The summed E-state index contributed by atoms with van der Waals surface area (Å²) in [5, 5.41) is 10.0. The lowest BCUT2D eigenvalue weighted by atomic mass is 9.95. The number of thiazole rings is 1. The SMILES string of the molecule is OC(Cc1ccncc1)(c1nc2ccccc2s1)C(F)(F)F. The molecule has 3 rings (SSSR count). The number of pyridine rings is 1. The van der Waals surface area contributed by atoms with Gasteiger partial charge in [0, 0.05) is 18.8 Å². The number of halogens is 3. The van der Waals surface area contributed by atoms with E-state index in [0.717, 1.165) is 11.3 Å². The number of para-hydroxylation sites is 1. The molecule has 1 N–H and O–H groups in total. The summed E-state index contributed by atoms with van der Waals surface area (Å²) in [6.45, 7) is 0. The number of hydrogen-bond acceptors (Lipinski definition) is 4. The van der Waals surface area contributed by atoms with Crippen molar-refractivity contribution in [2.75, 3.05) is 0 Å². The minimum Gasteiger partial charge on any atom is -0.374 e. The van der Waals surface area contributed by atoms with Gasteiger partial charge in [-0.15, -0.1) is 11.3 Å². The summed E-state index contributed by atoms with van der Waals surface area (Å²) in [5.41, 5.74) is -2.23. The zero-order valence-electron chi connectivity index (χ0n) is 11.2. The molecule has 3 aromatic rings. The molecule has 0 fully saturated rings. The van der Waals surface area contributed by atoms with Gasteiger partial charge in [-0.2, -0.15) is 13.2 Å². The maximum atomic E-state index is 13.5. The first-order chi connectivity index (χ1) is 10.4. The van der Waals surface area contributed by atoms with E-state index in [0.29, 0.717) is 15.8 Å². The van der Waals surface area contributed by atoms with E-state index in [-0.39, 0.29) is 5.01 Å². The third-order valence-corrected chi connectivity index (χ3v) is 4.51.